The van der Waals surface area contributed by atoms with Crippen molar-refractivity contribution in [1.82, 2.24) is 5.32 Å². The SMILES string of the molecule is CCC[n+]1cc(Br)cc(C(=O)Nc2ccc(CCOC(=O)NC(C)CCOC(=O)Nc3cccc4ccccc34)cc2)c1.[Cl-]. The van der Waals surface area contributed by atoms with Gasteiger partial charge in [0.05, 0.1) is 23.4 Å². The van der Waals surface area contributed by atoms with E-state index in [2.05, 4.69) is 38.8 Å². The van der Waals surface area contributed by atoms with Crippen LogP contribution in [0, 0.1) is 0 Å². The lowest BCUT2D eigenvalue weighted by Crippen LogP contribution is -3.00. The Labute approximate surface area is 271 Å². The number of hydrogen-bond donors (Lipinski definition) is 3. The Kier molecular flexibility index (Phi) is 13.4. The molecule has 0 aliphatic carbocycles. The molecule has 232 valence electrons. The van der Waals surface area contributed by atoms with Crippen LogP contribution in [0.15, 0.2) is 89.7 Å². The summed E-state index contributed by atoms with van der Waals surface area (Å²) in [5, 5.41) is 10.4. The first-order valence-electron chi connectivity index (χ1n) is 14.3. The van der Waals surface area contributed by atoms with Crippen LogP contribution >= 0.6 is 15.9 Å². The first-order valence-corrected chi connectivity index (χ1v) is 15.0. The summed E-state index contributed by atoms with van der Waals surface area (Å²) in [6.45, 7) is 5.07. The Hall–Kier alpha value is -4.15. The van der Waals surface area contributed by atoms with Gasteiger partial charge in [0.1, 0.15) is 12.1 Å². The third-order valence-electron chi connectivity index (χ3n) is 6.64. The van der Waals surface area contributed by atoms with Crippen molar-refractivity contribution >= 4 is 56.2 Å². The number of aromatic nitrogens is 1. The van der Waals surface area contributed by atoms with Crippen LogP contribution in [-0.4, -0.2) is 37.3 Å². The summed E-state index contributed by atoms with van der Waals surface area (Å²) in [6.07, 6.45) is 4.62. The molecule has 0 saturated heterocycles. The van der Waals surface area contributed by atoms with Crippen LogP contribution in [0.5, 0.6) is 0 Å². The number of nitrogens with one attached hydrogen (secondary N) is 3. The van der Waals surface area contributed by atoms with Gasteiger partial charge in [-0.3, -0.25) is 10.1 Å². The number of amides is 3. The molecule has 0 radical (unpaired) electrons. The fraction of sp³-hybridized carbons (Fsp3) is 0.273. The maximum Gasteiger partial charge on any atom is 0.411 e. The summed E-state index contributed by atoms with van der Waals surface area (Å²) in [5.74, 6) is -0.191. The van der Waals surface area contributed by atoms with Gasteiger partial charge in [-0.15, -0.1) is 0 Å². The Bertz CT molecular complexity index is 1560. The molecule has 0 spiro atoms. The number of carbonyl (C=O) groups excluding carboxylic acids is 3. The molecule has 1 aromatic heterocycles. The van der Waals surface area contributed by atoms with E-state index in [1.54, 1.807) is 6.07 Å². The van der Waals surface area contributed by atoms with Gasteiger partial charge in [-0.1, -0.05) is 55.5 Å². The molecule has 0 saturated carbocycles. The Morgan fingerprint density at radius 2 is 1.61 bits per heavy atom. The number of carbonyl (C=O) groups is 3. The average Bonchev–Trinajstić information content (AvgIpc) is 2.98. The van der Waals surface area contributed by atoms with E-state index in [1.807, 2.05) is 90.6 Å². The van der Waals surface area contributed by atoms with E-state index in [1.165, 1.54) is 0 Å². The van der Waals surface area contributed by atoms with Crippen LogP contribution in [0.1, 0.15) is 42.6 Å². The van der Waals surface area contributed by atoms with Gasteiger partial charge in [0, 0.05) is 36.4 Å². The van der Waals surface area contributed by atoms with Crippen LogP contribution in [0.25, 0.3) is 10.8 Å². The molecular weight excluding hydrogens is 648 g/mol. The lowest BCUT2D eigenvalue weighted by atomic mass is 10.1. The van der Waals surface area contributed by atoms with Crippen LogP contribution in [-0.2, 0) is 22.4 Å². The molecule has 9 nitrogen and oxygen atoms in total. The fourth-order valence-electron chi connectivity index (χ4n) is 4.45. The molecule has 0 aliphatic rings. The number of ether oxygens (including phenoxy) is 2. The van der Waals surface area contributed by atoms with Gasteiger partial charge < -0.3 is 32.5 Å². The van der Waals surface area contributed by atoms with Crippen LogP contribution < -0.4 is 32.9 Å². The lowest BCUT2D eigenvalue weighted by Gasteiger charge is -2.15. The predicted octanol–water partition coefficient (Wildman–Crippen LogP) is 3.85. The molecule has 44 heavy (non-hydrogen) atoms. The number of anilines is 2. The Morgan fingerprint density at radius 1 is 0.886 bits per heavy atom. The summed E-state index contributed by atoms with van der Waals surface area (Å²) < 4.78 is 13.4. The minimum atomic E-state index is -0.551. The van der Waals surface area contributed by atoms with Crippen molar-refractivity contribution < 1.29 is 40.8 Å². The van der Waals surface area contributed by atoms with Crippen LogP contribution in [0.2, 0.25) is 0 Å². The summed E-state index contributed by atoms with van der Waals surface area (Å²) >= 11 is 3.46. The quantitative estimate of drug-likeness (QED) is 0.197. The van der Waals surface area contributed by atoms with E-state index in [-0.39, 0.29) is 37.6 Å². The fourth-order valence-corrected chi connectivity index (χ4v) is 4.96. The van der Waals surface area contributed by atoms with Gasteiger partial charge in [0.15, 0.2) is 12.4 Å². The standard InChI is InChI=1S/C33H35BrN4O5.ClH/c1-3-17-38-21-26(20-27(34)22-38)31(39)36-28-13-11-24(12-14-28)16-19-43-32(40)35-23(2)15-18-42-33(41)37-30-10-6-8-25-7-4-5-9-29(25)30;/h4-14,20-23H,3,15-19H2,1-2H3,(H2-,35,36,37,39,40,41);1H. The zero-order valence-corrected chi connectivity index (χ0v) is 27.0. The number of pyridine rings is 1. The van der Waals surface area contributed by atoms with E-state index in [0.29, 0.717) is 29.8 Å². The van der Waals surface area contributed by atoms with Crippen molar-refractivity contribution in [3.05, 3.63) is 101 Å². The van der Waals surface area contributed by atoms with E-state index >= 15 is 0 Å². The lowest BCUT2D eigenvalue weighted by molar-refractivity contribution is -0.697. The molecule has 3 N–H and O–H groups in total. The number of hydrogen-bond acceptors (Lipinski definition) is 5. The van der Waals surface area contributed by atoms with E-state index < -0.39 is 12.2 Å². The van der Waals surface area contributed by atoms with Crippen molar-refractivity contribution in [2.45, 2.75) is 45.7 Å². The summed E-state index contributed by atoms with van der Waals surface area (Å²) in [4.78, 5) is 37.2. The Balaban J connectivity index is 0.00000529. The second-order valence-electron chi connectivity index (χ2n) is 10.1. The minimum Gasteiger partial charge on any atom is -1.00 e. The van der Waals surface area contributed by atoms with Crippen molar-refractivity contribution in [2.24, 2.45) is 0 Å². The van der Waals surface area contributed by atoms with Gasteiger partial charge in [-0.25, -0.2) is 14.2 Å². The highest BCUT2D eigenvalue weighted by Crippen LogP contribution is 2.23. The van der Waals surface area contributed by atoms with Crippen molar-refractivity contribution in [3.8, 4) is 0 Å². The van der Waals surface area contributed by atoms with E-state index in [9.17, 15) is 14.4 Å². The first-order chi connectivity index (χ1) is 20.8. The number of alkyl carbamates (subject to hydrolysis) is 1. The zero-order valence-electron chi connectivity index (χ0n) is 24.6. The number of fused-ring (bicyclic) bond motifs is 1. The molecule has 11 heteroatoms. The monoisotopic (exact) mass is 682 g/mol. The molecule has 0 fully saturated rings. The average molecular weight is 684 g/mol. The molecule has 4 rings (SSSR count). The van der Waals surface area contributed by atoms with Crippen molar-refractivity contribution in [1.29, 1.82) is 0 Å². The minimum absolute atomic E-state index is 0. The van der Waals surface area contributed by atoms with E-state index in [0.717, 1.165) is 33.8 Å². The second-order valence-corrected chi connectivity index (χ2v) is 11.1. The maximum absolute atomic E-state index is 12.7. The van der Waals surface area contributed by atoms with Gasteiger partial charge in [0.2, 0.25) is 0 Å². The van der Waals surface area contributed by atoms with Crippen LogP contribution in [0.4, 0.5) is 21.0 Å². The predicted molar refractivity (Wildman–Crippen MR) is 170 cm³/mol. The normalized spacial score (nSPS) is 11.2. The maximum atomic E-state index is 12.7. The number of rotatable bonds is 12. The summed E-state index contributed by atoms with van der Waals surface area (Å²) in [7, 11) is 0. The highest BCUT2D eigenvalue weighted by atomic mass is 79.9. The molecule has 1 unspecified atom stereocenters. The largest absolute Gasteiger partial charge is 1.00 e. The molecule has 1 atom stereocenters. The molecular formula is C33H36BrClN4O5. The molecule has 1 heterocycles. The summed E-state index contributed by atoms with van der Waals surface area (Å²) in [5.41, 5.74) is 2.89. The number of aryl methyl sites for hydroxylation is 1. The molecule has 0 aliphatic heterocycles. The number of benzene rings is 3. The second kappa shape index (κ2) is 17.2. The van der Waals surface area contributed by atoms with Crippen molar-refractivity contribution in [3.63, 3.8) is 0 Å². The van der Waals surface area contributed by atoms with Gasteiger partial charge >= 0.3 is 12.2 Å². The molecule has 0 bridgehead atoms. The smallest absolute Gasteiger partial charge is 0.411 e. The number of nitrogens with zero attached hydrogens (tertiary/aromatic N) is 1. The third kappa shape index (κ3) is 10.5. The molecule has 3 aromatic carbocycles. The van der Waals surface area contributed by atoms with E-state index in [4.69, 9.17) is 9.47 Å². The van der Waals surface area contributed by atoms with Gasteiger partial charge in [0.25, 0.3) is 5.91 Å². The van der Waals surface area contributed by atoms with Gasteiger partial charge in [-0.2, -0.15) is 0 Å². The Morgan fingerprint density at radius 3 is 2.39 bits per heavy atom. The number of halogens is 2. The highest BCUT2D eigenvalue weighted by molar-refractivity contribution is 9.10. The topological polar surface area (TPSA) is 110 Å². The molecule has 4 aromatic rings. The zero-order chi connectivity index (χ0) is 30.6. The third-order valence-corrected chi connectivity index (χ3v) is 7.08. The molecule has 3 amide bonds. The van der Waals surface area contributed by atoms with Gasteiger partial charge in [-0.05, 0) is 58.1 Å². The first kappa shape index (κ1) is 34.3. The van der Waals surface area contributed by atoms with Crippen molar-refractivity contribution in [2.75, 3.05) is 23.8 Å². The van der Waals surface area contributed by atoms with Crippen LogP contribution in [0.3, 0.4) is 0 Å². The highest BCUT2D eigenvalue weighted by Gasteiger charge is 2.14. The summed E-state index contributed by atoms with van der Waals surface area (Å²) in [6, 6.07) is 22.4.